The maximum Gasteiger partial charge on any atom is 0.224 e. The van der Waals surface area contributed by atoms with Crippen molar-refractivity contribution < 1.29 is 13.9 Å². The van der Waals surface area contributed by atoms with E-state index < -0.39 is 0 Å². The van der Waals surface area contributed by atoms with Crippen LogP contribution in [0.5, 0.6) is 5.75 Å². The first-order valence-electron chi connectivity index (χ1n) is 6.42. The minimum absolute atomic E-state index is 0.161. The highest BCUT2D eigenvalue weighted by Crippen LogP contribution is 2.31. The Morgan fingerprint density at radius 1 is 1.38 bits per heavy atom. The van der Waals surface area contributed by atoms with Crippen molar-refractivity contribution in [1.29, 1.82) is 0 Å². The van der Waals surface area contributed by atoms with Gasteiger partial charge in [-0.15, -0.1) is 10.2 Å². The molecule has 0 saturated heterocycles. The highest BCUT2D eigenvalue weighted by molar-refractivity contribution is 6.31. The molecule has 1 aromatic carbocycles. The van der Waals surface area contributed by atoms with Crippen molar-refractivity contribution in [1.82, 2.24) is 10.2 Å². The van der Waals surface area contributed by atoms with Gasteiger partial charge in [0.15, 0.2) is 0 Å². The zero-order valence-electron chi connectivity index (χ0n) is 12.1. The summed E-state index contributed by atoms with van der Waals surface area (Å²) < 4.78 is 10.4. The highest BCUT2D eigenvalue weighted by Gasteiger charge is 2.12. The van der Waals surface area contributed by atoms with Crippen LogP contribution in [0.4, 0.5) is 5.69 Å². The Kier molecular flexibility index (Phi) is 4.80. The van der Waals surface area contributed by atoms with Crippen LogP contribution in [0.1, 0.15) is 23.8 Å². The van der Waals surface area contributed by atoms with Gasteiger partial charge in [-0.25, -0.2) is 0 Å². The first kappa shape index (κ1) is 15.3. The Hall–Kier alpha value is -2.08. The van der Waals surface area contributed by atoms with Crippen LogP contribution in [0.25, 0.3) is 0 Å². The smallest absolute Gasteiger partial charge is 0.224 e. The fourth-order valence-electron chi connectivity index (χ4n) is 1.80. The molecule has 1 amide bonds. The van der Waals surface area contributed by atoms with Crippen molar-refractivity contribution >= 4 is 23.2 Å². The molecule has 0 aliphatic carbocycles. The van der Waals surface area contributed by atoms with Crippen LogP contribution in [-0.4, -0.2) is 23.2 Å². The van der Waals surface area contributed by atoms with E-state index in [0.29, 0.717) is 34.7 Å². The molecule has 6 nitrogen and oxygen atoms in total. The average Bonchev–Trinajstić information content (AvgIpc) is 2.86. The van der Waals surface area contributed by atoms with Gasteiger partial charge in [0.25, 0.3) is 0 Å². The number of carbonyl (C=O) groups is 1. The monoisotopic (exact) mass is 309 g/mol. The fraction of sp³-hybridized carbons (Fsp3) is 0.357. The number of ether oxygens (including phenoxy) is 1. The van der Waals surface area contributed by atoms with E-state index in [4.69, 9.17) is 20.8 Å². The summed E-state index contributed by atoms with van der Waals surface area (Å²) in [5.74, 6) is 1.29. The second-order valence-corrected chi connectivity index (χ2v) is 4.97. The van der Waals surface area contributed by atoms with Gasteiger partial charge in [-0.2, -0.15) is 0 Å². The molecule has 0 aliphatic rings. The summed E-state index contributed by atoms with van der Waals surface area (Å²) in [6, 6.07) is 3.45. The molecule has 2 aromatic rings. The Bertz CT molecular complexity index is 655. The Morgan fingerprint density at radius 2 is 2.14 bits per heavy atom. The molecule has 21 heavy (non-hydrogen) atoms. The summed E-state index contributed by atoms with van der Waals surface area (Å²) in [4.78, 5) is 12.0. The van der Waals surface area contributed by atoms with Crippen molar-refractivity contribution in [3.63, 3.8) is 0 Å². The molecule has 0 bridgehead atoms. The van der Waals surface area contributed by atoms with E-state index in [-0.39, 0.29) is 12.3 Å². The number of methoxy groups -OCH3 is 1. The molecule has 1 heterocycles. The van der Waals surface area contributed by atoms with Gasteiger partial charge in [0.05, 0.1) is 12.8 Å². The van der Waals surface area contributed by atoms with Crippen LogP contribution in [0.15, 0.2) is 16.5 Å². The van der Waals surface area contributed by atoms with Crippen LogP contribution in [0, 0.1) is 13.8 Å². The van der Waals surface area contributed by atoms with Crippen LogP contribution in [0.3, 0.4) is 0 Å². The summed E-state index contributed by atoms with van der Waals surface area (Å²) in [6.07, 6.45) is 0.633. The van der Waals surface area contributed by atoms with Gasteiger partial charge >= 0.3 is 0 Å². The van der Waals surface area contributed by atoms with Crippen LogP contribution >= 0.6 is 11.6 Å². The number of aryl methyl sites for hydroxylation is 3. The molecule has 0 spiro atoms. The van der Waals surface area contributed by atoms with E-state index in [2.05, 4.69) is 15.5 Å². The lowest BCUT2D eigenvalue weighted by Crippen LogP contribution is -2.13. The Labute approximate surface area is 127 Å². The first-order valence-corrected chi connectivity index (χ1v) is 6.80. The van der Waals surface area contributed by atoms with Gasteiger partial charge in [-0.1, -0.05) is 11.6 Å². The molecular formula is C14H16ClN3O3. The minimum Gasteiger partial charge on any atom is -0.495 e. The molecule has 0 aliphatic heterocycles. The number of nitrogens with one attached hydrogen (secondary N) is 1. The number of hydrogen-bond donors (Lipinski definition) is 1. The lowest BCUT2D eigenvalue weighted by atomic mass is 10.2. The van der Waals surface area contributed by atoms with Crippen LogP contribution in [-0.2, 0) is 11.2 Å². The van der Waals surface area contributed by atoms with Gasteiger partial charge in [-0.3, -0.25) is 4.79 Å². The van der Waals surface area contributed by atoms with Crippen molar-refractivity contribution in [3.8, 4) is 5.75 Å². The van der Waals surface area contributed by atoms with E-state index >= 15 is 0 Å². The molecule has 0 saturated carbocycles. The number of nitrogens with zero attached hydrogens (tertiary/aromatic N) is 2. The maximum atomic E-state index is 12.0. The van der Waals surface area contributed by atoms with E-state index in [1.807, 2.05) is 6.92 Å². The van der Waals surface area contributed by atoms with E-state index in [9.17, 15) is 4.79 Å². The number of halogens is 1. The number of benzene rings is 1. The molecule has 0 unspecified atom stereocenters. The second-order valence-electron chi connectivity index (χ2n) is 4.56. The van der Waals surface area contributed by atoms with Crippen molar-refractivity contribution in [2.45, 2.75) is 26.7 Å². The Morgan fingerprint density at radius 3 is 2.76 bits per heavy atom. The van der Waals surface area contributed by atoms with Gasteiger partial charge in [0, 0.05) is 30.9 Å². The molecule has 112 valence electrons. The lowest BCUT2D eigenvalue weighted by Gasteiger charge is -2.12. The number of anilines is 1. The predicted octanol–water partition coefficient (Wildman–Crippen LogP) is 2.92. The molecule has 2 rings (SSSR count). The normalized spacial score (nSPS) is 10.5. The molecular weight excluding hydrogens is 294 g/mol. The first-order chi connectivity index (χ1) is 9.99. The maximum absolute atomic E-state index is 12.0. The molecule has 1 aromatic heterocycles. The molecule has 0 atom stereocenters. The highest BCUT2D eigenvalue weighted by atomic mass is 35.5. The van der Waals surface area contributed by atoms with E-state index in [1.54, 1.807) is 19.1 Å². The zero-order valence-corrected chi connectivity index (χ0v) is 12.8. The minimum atomic E-state index is -0.161. The third-order valence-electron chi connectivity index (χ3n) is 2.89. The van der Waals surface area contributed by atoms with Crippen LogP contribution < -0.4 is 10.1 Å². The number of rotatable bonds is 5. The zero-order chi connectivity index (χ0) is 15.4. The summed E-state index contributed by atoms with van der Waals surface area (Å²) in [6.45, 7) is 3.57. The SMILES string of the molecule is COc1cc(Cl)c(C)cc1NC(=O)CCc1nnc(C)o1. The quantitative estimate of drug-likeness (QED) is 0.919. The van der Waals surface area contributed by atoms with Crippen molar-refractivity contribution in [2.24, 2.45) is 0 Å². The third-order valence-corrected chi connectivity index (χ3v) is 3.30. The van der Waals surface area contributed by atoms with E-state index in [1.165, 1.54) is 7.11 Å². The largest absolute Gasteiger partial charge is 0.495 e. The van der Waals surface area contributed by atoms with Crippen molar-refractivity contribution in [3.05, 3.63) is 34.5 Å². The Balaban J connectivity index is 2.00. The summed E-state index contributed by atoms with van der Waals surface area (Å²) >= 11 is 6.02. The standard InChI is InChI=1S/C14H16ClN3O3/c1-8-6-11(12(20-3)7-10(8)15)16-13(19)4-5-14-18-17-9(2)21-14/h6-7H,4-5H2,1-3H3,(H,16,19). The lowest BCUT2D eigenvalue weighted by molar-refractivity contribution is -0.116. The number of hydrogen-bond acceptors (Lipinski definition) is 5. The number of carbonyl (C=O) groups excluding carboxylic acids is 1. The van der Waals surface area contributed by atoms with Gasteiger partial charge in [-0.05, 0) is 18.6 Å². The molecule has 1 N–H and O–H groups in total. The molecule has 0 radical (unpaired) electrons. The average molecular weight is 310 g/mol. The number of amides is 1. The second kappa shape index (κ2) is 6.58. The van der Waals surface area contributed by atoms with Crippen LogP contribution in [0.2, 0.25) is 5.02 Å². The third kappa shape index (κ3) is 3.95. The van der Waals surface area contributed by atoms with E-state index in [0.717, 1.165) is 5.56 Å². The number of aromatic nitrogens is 2. The molecule has 7 heteroatoms. The molecule has 0 fully saturated rings. The summed E-state index contributed by atoms with van der Waals surface area (Å²) in [7, 11) is 1.53. The topological polar surface area (TPSA) is 77.2 Å². The summed E-state index contributed by atoms with van der Waals surface area (Å²) in [5.41, 5.74) is 1.45. The van der Waals surface area contributed by atoms with Crippen molar-refractivity contribution in [2.75, 3.05) is 12.4 Å². The van der Waals surface area contributed by atoms with Gasteiger partial charge in [0.2, 0.25) is 17.7 Å². The fourth-order valence-corrected chi connectivity index (χ4v) is 1.96. The summed E-state index contributed by atoms with van der Waals surface area (Å²) in [5, 5.41) is 10.9. The van der Waals surface area contributed by atoms with Gasteiger partial charge < -0.3 is 14.5 Å². The van der Waals surface area contributed by atoms with Gasteiger partial charge in [0.1, 0.15) is 5.75 Å². The predicted molar refractivity (Wildman–Crippen MR) is 78.7 cm³/mol.